The van der Waals surface area contributed by atoms with E-state index in [2.05, 4.69) is 5.32 Å². The predicted octanol–water partition coefficient (Wildman–Crippen LogP) is 1.46. The van der Waals surface area contributed by atoms with Crippen LogP contribution in [0.15, 0.2) is 0 Å². The van der Waals surface area contributed by atoms with E-state index in [1.165, 1.54) is 0 Å². The van der Waals surface area contributed by atoms with Crippen LogP contribution in [0.4, 0.5) is 13.2 Å². The summed E-state index contributed by atoms with van der Waals surface area (Å²) in [6.07, 6.45) is -2.73. The van der Waals surface area contributed by atoms with Gasteiger partial charge in [-0.15, -0.1) is 0 Å². The Morgan fingerprint density at radius 2 is 2.27 bits per heavy atom. The summed E-state index contributed by atoms with van der Waals surface area (Å²) < 4.78 is 40.9. The minimum atomic E-state index is -4.27. The summed E-state index contributed by atoms with van der Waals surface area (Å²) in [5.41, 5.74) is 0. The Hall–Kier alpha value is -0.800. The van der Waals surface area contributed by atoms with Crippen LogP contribution in [0.1, 0.15) is 12.8 Å². The Bertz CT molecular complexity index is 230. The molecule has 1 saturated heterocycles. The Balaban J connectivity index is 2.38. The maximum absolute atomic E-state index is 11.9. The maximum atomic E-state index is 11.9. The van der Waals surface area contributed by atoms with E-state index >= 15 is 0 Å². The number of alkyl halides is 3. The third-order valence-corrected chi connectivity index (χ3v) is 2.33. The number of ether oxygens (including phenoxy) is 1. The Morgan fingerprint density at radius 1 is 1.53 bits per heavy atom. The van der Waals surface area contributed by atoms with Crippen LogP contribution in [-0.2, 0) is 4.74 Å². The molecule has 1 rings (SSSR count). The monoisotopic (exact) mass is 222 g/mol. The van der Waals surface area contributed by atoms with Crippen LogP contribution in [0.25, 0.3) is 0 Å². The number of halogens is 3. The van der Waals surface area contributed by atoms with Gasteiger partial charge in [-0.2, -0.15) is 18.4 Å². The van der Waals surface area contributed by atoms with Gasteiger partial charge in [0.25, 0.3) is 0 Å². The van der Waals surface area contributed by atoms with Crippen molar-refractivity contribution < 1.29 is 17.9 Å². The predicted molar refractivity (Wildman–Crippen MR) is 47.0 cm³/mol. The van der Waals surface area contributed by atoms with Crippen LogP contribution in [0, 0.1) is 17.2 Å². The summed E-state index contributed by atoms with van der Waals surface area (Å²) in [7, 11) is 0. The van der Waals surface area contributed by atoms with Crippen LogP contribution in [0.2, 0.25) is 0 Å². The lowest BCUT2D eigenvalue weighted by molar-refractivity contribution is -0.126. The van der Waals surface area contributed by atoms with Crippen molar-refractivity contribution in [1.29, 1.82) is 5.26 Å². The van der Waals surface area contributed by atoms with Gasteiger partial charge in [-0.25, -0.2) is 0 Å². The molecule has 1 aliphatic rings. The molecule has 2 atom stereocenters. The summed E-state index contributed by atoms with van der Waals surface area (Å²) in [6, 6.07) is 1.08. The SMILES string of the molecule is N#CC(NCC(F)(F)F)C1CCCOC1. The molecule has 15 heavy (non-hydrogen) atoms. The van der Waals surface area contributed by atoms with Crippen LogP contribution in [0.5, 0.6) is 0 Å². The fourth-order valence-electron chi connectivity index (χ4n) is 1.57. The van der Waals surface area contributed by atoms with Gasteiger partial charge >= 0.3 is 6.18 Å². The topological polar surface area (TPSA) is 45.0 Å². The van der Waals surface area contributed by atoms with Crippen molar-refractivity contribution >= 4 is 0 Å². The zero-order chi connectivity index (χ0) is 11.3. The molecule has 0 aliphatic carbocycles. The average Bonchev–Trinajstić information content (AvgIpc) is 2.19. The van der Waals surface area contributed by atoms with Crippen LogP contribution < -0.4 is 5.32 Å². The van der Waals surface area contributed by atoms with E-state index in [0.29, 0.717) is 13.2 Å². The van der Waals surface area contributed by atoms with E-state index in [1.54, 1.807) is 0 Å². The quantitative estimate of drug-likeness (QED) is 0.786. The molecule has 0 saturated carbocycles. The van der Waals surface area contributed by atoms with Gasteiger partial charge in [-0.1, -0.05) is 0 Å². The van der Waals surface area contributed by atoms with Crippen LogP contribution >= 0.6 is 0 Å². The molecule has 0 aromatic carbocycles. The minimum Gasteiger partial charge on any atom is -0.381 e. The highest BCUT2D eigenvalue weighted by molar-refractivity contribution is 4.95. The van der Waals surface area contributed by atoms with Crippen molar-refractivity contribution in [3.8, 4) is 6.07 Å². The summed E-state index contributed by atoms with van der Waals surface area (Å²) in [4.78, 5) is 0. The first-order chi connectivity index (χ1) is 7.03. The molecule has 0 aromatic heterocycles. The van der Waals surface area contributed by atoms with Crippen molar-refractivity contribution in [2.24, 2.45) is 5.92 Å². The molecule has 1 fully saturated rings. The number of nitrogens with zero attached hydrogens (tertiary/aromatic N) is 1. The second-order valence-corrected chi connectivity index (χ2v) is 3.58. The third-order valence-electron chi connectivity index (χ3n) is 2.33. The number of nitrogens with one attached hydrogen (secondary N) is 1. The molecule has 6 heteroatoms. The van der Waals surface area contributed by atoms with E-state index < -0.39 is 18.8 Å². The maximum Gasteiger partial charge on any atom is 0.401 e. The molecule has 0 radical (unpaired) electrons. The third kappa shape index (κ3) is 4.49. The lowest BCUT2D eigenvalue weighted by atomic mass is 9.94. The second-order valence-electron chi connectivity index (χ2n) is 3.58. The molecule has 86 valence electrons. The molecule has 0 amide bonds. The fourth-order valence-corrected chi connectivity index (χ4v) is 1.57. The van der Waals surface area contributed by atoms with Gasteiger partial charge in [-0.05, 0) is 12.8 Å². The van der Waals surface area contributed by atoms with Crippen molar-refractivity contribution in [2.45, 2.75) is 25.1 Å². The highest BCUT2D eigenvalue weighted by atomic mass is 19.4. The minimum absolute atomic E-state index is 0.133. The smallest absolute Gasteiger partial charge is 0.381 e. The summed E-state index contributed by atoms with van der Waals surface area (Å²) in [5, 5.41) is 11.0. The van der Waals surface area contributed by atoms with Gasteiger partial charge in [0.05, 0.1) is 19.2 Å². The van der Waals surface area contributed by atoms with E-state index in [9.17, 15) is 13.2 Å². The van der Waals surface area contributed by atoms with E-state index in [1.807, 2.05) is 6.07 Å². The van der Waals surface area contributed by atoms with E-state index in [0.717, 1.165) is 12.8 Å². The summed E-state index contributed by atoms with van der Waals surface area (Å²) in [5.74, 6) is -0.133. The Kier molecular flexibility index (Phi) is 4.36. The van der Waals surface area contributed by atoms with Crippen molar-refractivity contribution in [2.75, 3.05) is 19.8 Å². The molecule has 0 spiro atoms. The molecular weight excluding hydrogens is 209 g/mol. The largest absolute Gasteiger partial charge is 0.401 e. The molecule has 0 aromatic rings. The van der Waals surface area contributed by atoms with Crippen LogP contribution in [-0.4, -0.2) is 32.0 Å². The summed E-state index contributed by atoms with van der Waals surface area (Å²) >= 11 is 0. The lowest BCUT2D eigenvalue weighted by Crippen LogP contribution is -2.43. The number of hydrogen-bond acceptors (Lipinski definition) is 3. The van der Waals surface area contributed by atoms with Gasteiger partial charge in [0.2, 0.25) is 0 Å². The molecule has 3 nitrogen and oxygen atoms in total. The number of rotatable bonds is 3. The zero-order valence-corrected chi connectivity index (χ0v) is 8.18. The Labute approximate surface area is 86.2 Å². The number of nitriles is 1. The second kappa shape index (κ2) is 5.33. The van der Waals surface area contributed by atoms with E-state index in [4.69, 9.17) is 10.00 Å². The van der Waals surface area contributed by atoms with Gasteiger partial charge in [0, 0.05) is 12.5 Å². The van der Waals surface area contributed by atoms with Crippen molar-refractivity contribution in [3.63, 3.8) is 0 Å². The van der Waals surface area contributed by atoms with Crippen molar-refractivity contribution in [3.05, 3.63) is 0 Å². The average molecular weight is 222 g/mol. The van der Waals surface area contributed by atoms with Crippen molar-refractivity contribution in [1.82, 2.24) is 5.32 Å². The van der Waals surface area contributed by atoms with E-state index in [-0.39, 0.29) is 5.92 Å². The van der Waals surface area contributed by atoms with Crippen LogP contribution in [0.3, 0.4) is 0 Å². The normalized spacial score (nSPS) is 24.5. The molecule has 1 heterocycles. The standard InChI is InChI=1S/C9H13F3N2O/c10-9(11,12)6-14-8(4-13)7-2-1-3-15-5-7/h7-8,14H,1-3,5-6H2. The van der Waals surface area contributed by atoms with Gasteiger partial charge < -0.3 is 4.74 Å². The number of hydrogen-bond donors (Lipinski definition) is 1. The van der Waals surface area contributed by atoms with Gasteiger partial charge in [0.15, 0.2) is 0 Å². The Morgan fingerprint density at radius 3 is 2.73 bits per heavy atom. The van der Waals surface area contributed by atoms with Gasteiger partial charge in [-0.3, -0.25) is 5.32 Å². The lowest BCUT2D eigenvalue weighted by Gasteiger charge is -2.26. The first-order valence-corrected chi connectivity index (χ1v) is 4.80. The molecule has 1 N–H and O–H groups in total. The zero-order valence-electron chi connectivity index (χ0n) is 8.18. The molecule has 1 aliphatic heterocycles. The molecular formula is C9H13F3N2O. The first-order valence-electron chi connectivity index (χ1n) is 4.80. The van der Waals surface area contributed by atoms with Gasteiger partial charge in [0.1, 0.15) is 6.04 Å². The highest BCUT2D eigenvalue weighted by Gasteiger charge is 2.31. The molecule has 2 unspecified atom stereocenters. The summed E-state index contributed by atoms with van der Waals surface area (Å²) in [6.45, 7) is -0.126. The molecule has 0 bridgehead atoms. The highest BCUT2D eigenvalue weighted by Crippen LogP contribution is 2.19. The fraction of sp³-hybridized carbons (Fsp3) is 0.889. The first kappa shape index (κ1) is 12.3.